The summed E-state index contributed by atoms with van der Waals surface area (Å²) in [4.78, 5) is 2.01. The molecule has 25 heavy (non-hydrogen) atoms. The second-order valence-electron chi connectivity index (χ2n) is 8.58. The van der Waals surface area contributed by atoms with Crippen LogP contribution in [-0.2, 0) is 4.74 Å². The lowest BCUT2D eigenvalue weighted by Crippen LogP contribution is -2.48. The summed E-state index contributed by atoms with van der Waals surface area (Å²) in [6.45, 7) is 10.4. The molecule has 0 saturated heterocycles. The number of fused-ring (bicyclic) bond motifs is 1. The molecule has 1 aromatic rings. The second-order valence-corrected chi connectivity index (χ2v) is 9.74. The minimum Gasteiger partial charge on any atom is -0.460 e. The summed E-state index contributed by atoms with van der Waals surface area (Å²) in [7, 11) is 1.99. The Bertz CT molecular complexity index is 726. The zero-order valence-electron chi connectivity index (χ0n) is 16.1. The summed E-state index contributed by atoms with van der Waals surface area (Å²) in [5, 5.41) is 8.18. The van der Waals surface area contributed by atoms with E-state index in [0.29, 0.717) is 23.9 Å². The third-order valence-electron chi connectivity index (χ3n) is 5.54. The first kappa shape index (κ1) is 18.7. The van der Waals surface area contributed by atoms with Crippen LogP contribution in [0.3, 0.4) is 0 Å². The van der Waals surface area contributed by atoms with E-state index in [2.05, 4.69) is 54.6 Å². The first-order valence-electron chi connectivity index (χ1n) is 9.06. The molecule has 1 saturated carbocycles. The number of hydrogen-bond acceptors (Lipinski definition) is 2. The summed E-state index contributed by atoms with van der Waals surface area (Å²) in [6.07, 6.45) is 4.70. The number of nitrogens with one attached hydrogen (secondary N) is 1. The standard InChI is InChI=1S/C21H29IN2O/c1-12-7-17-16(11-19(22)18(17)8-13(12)2)14-9-15(10-14)24(6)20(23)25-21(3,4)5/h7-8,11,14-16,23H,9-10H2,1-6H3/t14-,15-,16?. The van der Waals surface area contributed by atoms with Crippen LogP contribution in [0.15, 0.2) is 18.2 Å². The molecule has 1 aromatic carbocycles. The van der Waals surface area contributed by atoms with Crippen molar-refractivity contribution in [2.75, 3.05) is 7.05 Å². The van der Waals surface area contributed by atoms with Crippen molar-refractivity contribution in [1.29, 1.82) is 5.41 Å². The average Bonchev–Trinajstić information content (AvgIpc) is 2.73. The number of hydrogen-bond donors (Lipinski definition) is 1. The molecule has 0 aliphatic heterocycles. The highest BCUT2D eigenvalue weighted by atomic mass is 127. The smallest absolute Gasteiger partial charge is 0.284 e. The Morgan fingerprint density at radius 3 is 2.40 bits per heavy atom. The van der Waals surface area contributed by atoms with Crippen LogP contribution < -0.4 is 0 Å². The van der Waals surface area contributed by atoms with E-state index in [-0.39, 0.29) is 5.60 Å². The average molecular weight is 452 g/mol. The van der Waals surface area contributed by atoms with Crippen LogP contribution in [0.25, 0.3) is 3.58 Å². The van der Waals surface area contributed by atoms with Gasteiger partial charge in [0.2, 0.25) is 0 Å². The van der Waals surface area contributed by atoms with Crippen LogP contribution >= 0.6 is 22.6 Å². The SMILES string of the molecule is Cc1cc2c(cc1C)C([C@H]1C[C@H](N(C)C(=N)OC(C)(C)C)C1)C=C2I. The second kappa shape index (κ2) is 6.60. The van der Waals surface area contributed by atoms with Crippen molar-refractivity contribution in [2.24, 2.45) is 5.92 Å². The first-order valence-corrected chi connectivity index (χ1v) is 10.1. The highest BCUT2D eigenvalue weighted by Gasteiger charge is 2.41. The van der Waals surface area contributed by atoms with E-state index in [1.807, 2.05) is 32.7 Å². The lowest BCUT2D eigenvalue weighted by Gasteiger charge is -2.44. The molecule has 1 atom stereocenters. The largest absolute Gasteiger partial charge is 0.460 e. The van der Waals surface area contributed by atoms with Gasteiger partial charge in [-0.2, -0.15) is 0 Å². The van der Waals surface area contributed by atoms with E-state index in [1.54, 1.807) is 0 Å². The number of aryl methyl sites for hydroxylation is 2. The van der Waals surface area contributed by atoms with Crippen LogP contribution in [0.4, 0.5) is 0 Å². The van der Waals surface area contributed by atoms with Crippen molar-refractivity contribution >= 4 is 32.2 Å². The lowest BCUT2D eigenvalue weighted by atomic mass is 9.70. The third-order valence-corrected chi connectivity index (χ3v) is 6.48. The van der Waals surface area contributed by atoms with Gasteiger partial charge in [-0.05, 0) is 98.2 Å². The van der Waals surface area contributed by atoms with Crippen molar-refractivity contribution < 1.29 is 4.74 Å². The normalized spacial score (nSPS) is 25.1. The molecule has 0 aromatic heterocycles. The van der Waals surface area contributed by atoms with Crippen molar-refractivity contribution in [3.8, 4) is 0 Å². The predicted octanol–water partition coefficient (Wildman–Crippen LogP) is 5.64. The number of nitrogens with zero attached hydrogens (tertiary/aromatic N) is 1. The Morgan fingerprint density at radius 1 is 1.20 bits per heavy atom. The fourth-order valence-corrected chi connectivity index (χ4v) is 4.67. The van der Waals surface area contributed by atoms with Gasteiger partial charge in [0.1, 0.15) is 5.60 Å². The first-order chi connectivity index (χ1) is 11.6. The highest BCUT2D eigenvalue weighted by Crippen LogP contribution is 2.50. The number of benzene rings is 1. The maximum Gasteiger partial charge on any atom is 0.284 e. The van der Waals surface area contributed by atoms with E-state index in [1.165, 1.54) is 25.8 Å². The summed E-state index contributed by atoms with van der Waals surface area (Å²) in [5.41, 5.74) is 5.37. The minimum absolute atomic E-state index is 0.291. The monoisotopic (exact) mass is 452 g/mol. The van der Waals surface area contributed by atoms with Gasteiger partial charge < -0.3 is 9.64 Å². The molecule has 0 heterocycles. The zero-order chi connectivity index (χ0) is 18.5. The highest BCUT2D eigenvalue weighted by molar-refractivity contribution is 14.1. The van der Waals surface area contributed by atoms with Gasteiger partial charge in [-0.25, -0.2) is 0 Å². The van der Waals surface area contributed by atoms with Gasteiger partial charge in [0.15, 0.2) is 0 Å². The summed E-state index contributed by atoms with van der Waals surface area (Å²) in [6, 6.07) is 5.44. The fourth-order valence-electron chi connectivity index (χ4n) is 3.82. The fraction of sp³-hybridized carbons (Fsp3) is 0.571. The maximum atomic E-state index is 8.18. The molecule has 1 unspecified atom stereocenters. The van der Waals surface area contributed by atoms with Crippen LogP contribution in [-0.4, -0.2) is 29.6 Å². The number of halogens is 1. The zero-order valence-corrected chi connectivity index (χ0v) is 18.3. The van der Waals surface area contributed by atoms with Gasteiger partial charge in [0, 0.05) is 22.6 Å². The van der Waals surface area contributed by atoms with E-state index in [0.717, 1.165) is 12.8 Å². The Labute approximate surface area is 165 Å². The van der Waals surface area contributed by atoms with E-state index >= 15 is 0 Å². The quantitative estimate of drug-likeness (QED) is 0.358. The molecule has 1 fully saturated rings. The summed E-state index contributed by atoms with van der Waals surface area (Å²) >= 11 is 2.48. The number of rotatable bonds is 2. The van der Waals surface area contributed by atoms with Gasteiger partial charge >= 0.3 is 0 Å². The minimum atomic E-state index is -0.312. The number of ether oxygens (including phenoxy) is 1. The predicted molar refractivity (Wildman–Crippen MR) is 113 cm³/mol. The van der Waals surface area contributed by atoms with Crippen molar-refractivity contribution in [3.05, 3.63) is 40.5 Å². The Kier molecular flexibility index (Phi) is 4.95. The van der Waals surface area contributed by atoms with Crippen LogP contribution in [0, 0.1) is 25.2 Å². The van der Waals surface area contributed by atoms with Gasteiger partial charge in [-0.15, -0.1) is 0 Å². The molecule has 3 nitrogen and oxygen atoms in total. The molecule has 1 N–H and O–H groups in total. The molecule has 0 spiro atoms. The molecule has 136 valence electrons. The molecule has 0 amide bonds. The third kappa shape index (κ3) is 3.74. The molecular formula is C21H29IN2O. The molecule has 2 aliphatic rings. The van der Waals surface area contributed by atoms with Crippen LogP contribution in [0.1, 0.15) is 61.8 Å². The maximum absolute atomic E-state index is 8.18. The molecule has 3 rings (SSSR count). The molecule has 4 heteroatoms. The molecule has 0 bridgehead atoms. The topological polar surface area (TPSA) is 36.3 Å². The van der Waals surface area contributed by atoms with Crippen molar-refractivity contribution in [3.63, 3.8) is 0 Å². The lowest BCUT2D eigenvalue weighted by molar-refractivity contribution is 0.0577. The van der Waals surface area contributed by atoms with Crippen LogP contribution in [0.2, 0.25) is 0 Å². The van der Waals surface area contributed by atoms with Gasteiger partial charge in [-0.1, -0.05) is 18.2 Å². The number of amidine groups is 1. The van der Waals surface area contributed by atoms with Crippen LogP contribution in [0.5, 0.6) is 0 Å². The molecular weight excluding hydrogens is 423 g/mol. The summed E-state index contributed by atoms with van der Waals surface area (Å²) < 4.78 is 7.11. The van der Waals surface area contributed by atoms with Crippen molar-refractivity contribution in [2.45, 2.75) is 65.0 Å². The van der Waals surface area contributed by atoms with E-state index in [9.17, 15) is 0 Å². The Balaban J connectivity index is 1.67. The Morgan fingerprint density at radius 2 is 1.80 bits per heavy atom. The van der Waals surface area contributed by atoms with Gasteiger partial charge in [0.25, 0.3) is 6.02 Å². The Hall–Kier alpha value is -1.04. The van der Waals surface area contributed by atoms with Crippen molar-refractivity contribution in [1.82, 2.24) is 4.90 Å². The number of allylic oxidation sites excluding steroid dienone is 1. The van der Waals surface area contributed by atoms with Gasteiger partial charge in [0.05, 0.1) is 0 Å². The van der Waals surface area contributed by atoms with E-state index < -0.39 is 0 Å². The van der Waals surface area contributed by atoms with Gasteiger partial charge in [-0.3, -0.25) is 5.41 Å². The van der Waals surface area contributed by atoms with E-state index in [4.69, 9.17) is 10.1 Å². The molecule has 2 aliphatic carbocycles. The summed E-state index contributed by atoms with van der Waals surface area (Å²) in [5.74, 6) is 1.20. The molecule has 0 radical (unpaired) electrons.